The van der Waals surface area contributed by atoms with Gasteiger partial charge in [0.1, 0.15) is 11.5 Å². The highest BCUT2D eigenvalue weighted by Crippen LogP contribution is 2.34. The number of carbonyl (C=O) groups is 1. The molecule has 2 amide bonds. The molecule has 3 aromatic carbocycles. The van der Waals surface area contributed by atoms with Crippen LogP contribution in [0, 0.1) is 0 Å². The smallest absolute Gasteiger partial charge is 0.322 e. The summed E-state index contributed by atoms with van der Waals surface area (Å²) in [6.45, 7) is 3.67. The number of carbonyl (C=O) groups excluding carboxylic acids is 1. The molecule has 10 heteroatoms. The molecule has 3 aromatic rings. The third-order valence-corrected chi connectivity index (χ3v) is 8.16. The maximum Gasteiger partial charge on any atom is 0.322 e. The molecular formula is C27H29Cl2N3O4S. The van der Waals surface area contributed by atoms with Crippen LogP contribution in [0.1, 0.15) is 35.2 Å². The quantitative estimate of drug-likeness (QED) is 0.346. The number of methoxy groups -OCH3 is 1. The maximum atomic E-state index is 13.0. The molecule has 0 spiro atoms. The molecule has 2 unspecified atom stereocenters. The predicted octanol–water partition coefficient (Wildman–Crippen LogP) is 6.12. The molecule has 7 nitrogen and oxygen atoms in total. The van der Waals surface area contributed by atoms with Crippen LogP contribution in [-0.4, -0.2) is 35.8 Å². The van der Waals surface area contributed by atoms with Crippen LogP contribution in [-0.2, 0) is 29.8 Å². The van der Waals surface area contributed by atoms with Gasteiger partial charge in [-0.25, -0.2) is 9.00 Å². The van der Waals surface area contributed by atoms with Gasteiger partial charge in [0.25, 0.3) is 0 Å². The van der Waals surface area contributed by atoms with Crippen molar-refractivity contribution in [3.63, 3.8) is 0 Å². The van der Waals surface area contributed by atoms with Crippen molar-refractivity contribution in [2.75, 3.05) is 26.0 Å². The molecule has 0 saturated carbocycles. The zero-order valence-electron chi connectivity index (χ0n) is 20.8. The van der Waals surface area contributed by atoms with E-state index in [4.69, 9.17) is 32.1 Å². The first-order valence-corrected chi connectivity index (χ1v) is 13.8. The van der Waals surface area contributed by atoms with Gasteiger partial charge in [-0.2, -0.15) is 0 Å². The Morgan fingerprint density at radius 2 is 1.97 bits per heavy atom. The molecule has 196 valence electrons. The van der Waals surface area contributed by atoms with Crippen molar-refractivity contribution in [1.82, 2.24) is 10.2 Å². The Kier molecular flexibility index (Phi) is 8.97. The Morgan fingerprint density at radius 3 is 2.76 bits per heavy atom. The molecule has 0 radical (unpaired) electrons. The minimum atomic E-state index is -1.58. The lowest BCUT2D eigenvalue weighted by atomic mass is 9.99. The fourth-order valence-corrected chi connectivity index (χ4v) is 5.45. The van der Waals surface area contributed by atoms with E-state index in [-0.39, 0.29) is 17.8 Å². The first kappa shape index (κ1) is 27.3. The average Bonchev–Trinajstić information content (AvgIpc) is 2.90. The zero-order chi connectivity index (χ0) is 26.5. The van der Waals surface area contributed by atoms with E-state index in [1.165, 1.54) is 23.1 Å². The molecule has 0 bridgehead atoms. The topological polar surface area (TPSA) is 79.9 Å². The van der Waals surface area contributed by atoms with E-state index in [1.807, 2.05) is 19.1 Å². The van der Waals surface area contributed by atoms with Crippen molar-refractivity contribution in [2.45, 2.75) is 31.7 Å². The highest BCUT2D eigenvalue weighted by molar-refractivity contribution is 7.79. The molecule has 1 aliphatic heterocycles. The number of halogens is 2. The Labute approximate surface area is 229 Å². The van der Waals surface area contributed by atoms with Crippen LogP contribution in [0.2, 0.25) is 10.0 Å². The standard InChI is InChI=1S/C27H29Cl2N3O4S/c1-17(22-5-4-6-23(28)26(22)29)32(2)27(33)31-24-10-9-21(14-25(24)35-3)36-37(34)16-18-7-8-20-15-30-12-11-19(20)13-18/h4-10,13-14,17,30H,11-12,15-16H2,1-3H3,(H,31,33). The van der Waals surface area contributed by atoms with Crippen LogP contribution < -0.4 is 19.6 Å². The normalized spacial score (nSPS) is 14.3. The second kappa shape index (κ2) is 12.2. The van der Waals surface area contributed by atoms with E-state index in [2.05, 4.69) is 22.8 Å². The minimum absolute atomic E-state index is 0.274. The summed E-state index contributed by atoms with van der Waals surface area (Å²) in [5, 5.41) is 7.04. The first-order chi connectivity index (χ1) is 17.8. The largest absolute Gasteiger partial charge is 0.494 e. The summed E-state index contributed by atoms with van der Waals surface area (Å²) in [5.74, 6) is 1.03. The monoisotopic (exact) mass is 561 g/mol. The van der Waals surface area contributed by atoms with Gasteiger partial charge in [-0.15, -0.1) is 0 Å². The number of ether oxygens (including phenoxy) is 1. The number of urea groups is 1. The van der Waals surface area contributed by atoms with Gasteiger partial charge in [-0.3, -0.25) is 0 Å². The van der Waals surface area contributed by atoms with Gasteiger partial charge >= 0.3 is 6.03 Å². The molecule has 1 heterocycles. The van der Waals surface area contributed by atoms with Gasteiger partial charge < -0.3 is 24.5 Å². The molecular weight excluding hydrogens is 533 g/mol. The molecule has 1 aliphatic rings. The third kappa shape index (κ3) is 6.57. The molecule has 0 aromatic heterocycles. The predicted molar refractivity (Wildman–Crippen MR) is 149 cm³/mol. The summed E-state index contributed by atoms with van der Waals surface area (Å²) in [7, 11) is 3.16. The van der Waals surface area contributed by atoms with Gasteiger partial charge in [0.15, 0.2) is 0 Å². The summed E-state index contributed by atoms with van der Waals surface area (Å²) >= 11 is 10.9. The molecule has 0 saturated heterocycles. The van der Waals surface area contributed by atoms with Crippen molar-refractivity contribution >= 4 is 46.0 Å². The average molecular weight is 563 g/mol. The van der Waals surface area contributed by atoms with Crippen molar-refractivity contribution in [1.29, 1.82) is 0 Å². The Bertz CT molecular complexity index is 1320. The Hall–Kier alpha value is -2.78. The van der Waals surface area contributed by atoms with E-state index in [0.717, 1.165) is 30.6 Å². The van der Waals surface area contributed by atoms with Crippen molar-refractivity contribution < 1.29 is 17.9 Å². The van der Waals surface area contributed by atoms with Gasteiger partial charge in [0.05, 0.1) is 34.6 Å². The summed E-state index contributed by atoms with van der Waals surface area (Å²) in [6.07, 6.45) is 0.959. The lowest BCUT2D eigenvalue weighted by Gasteiger charge is -2.27. The van der Waals surface area contributed by atoms with E-state index >= 15 is 0 Å². The van der Waals surface area contributed by atoms with E-state index in [0.29, 0.717) is 27.2 Å². The summed E-state index contributed by atoms with van der Waals surface area (Å²) in [4.78, 5) is 14.5. The van der Waals surface area contributed by atoms with Crippen LogP contribution in [0.4, 0.5) is 10.5 Å². The molecule has 2 N–H and O–H groups in total. The third-order valence-electron chi connectivity index (χ3n) is 6.38. The second-order valence-corrected chi connectivity index (χ2v) is 10.6. The minimum Gasteiger partial charge on any atom is -0.494 e. The number of nitrogens with zero attached hydrogens (tertiary/aromatic N) is 1. The van der Waals surface area contributed by atoms with Gasteiger partial charge in [-0.05, 0) is 60.3 Å². The number of hydrogen-bond donors (Lipinski definition) is 2. The molecule has 0 aliphatic carbocycles. The van der Waals surface area contributed by atoms with Crippen molar-refractivity contribution in [2.24, 2.45) is 0 Å². The first-order valence-electron chi connectivity index (χ1n) is 11.8. The molecule has 37 heavy (non-hydrogen) atoms. The summed E-state index contributed by atoms with van der Waals surface area (Å²) < 4.78 is 23.8. The van der Waals surface area contributed by atoms with Gasteiger partial charge in [0.2, 0.25) is 11.1 Å². The molecule has 4 rings (SSSR count). The lowest BCUT2D eigenvalue weighted by molar-refractivity contribution is 0.208. The number of benzene rings is 3. The number of nitrogens with one attached hydrogen (secondary N) is 2. The highest BCUT2D eigenvalue weighted by Gasteiger charge is 2.22. The number of anilines is 1. The van der Waals surface area contributed by atoms with Crippen molar-refractivity contribution in [3.8, 4) is 11.5 Å². The SMILES string of the molecule is COc1cc(OS(=O)Cc2ccc3c(c2)CCNC3)ccc1NC(=O)N(C)C(C)c1cccc(Cl)c1Cl. The van der Waals surface area contributed by atoms with E-state index in [9.17, 15) is 9.00 Å². The highest BCUT2D eigenvalue weighted by atomic mass is 35.5. The zero-order valence-corrected chi connectivity index (χ0v) is 23.2. The van der Waals surface area contributed by atoms with Gasteiger partial charge in [-0.1, -0.05) is 53.5 Å². The number of fused-ring (bicyclic) bond motifs is 1. The molecule has 2 atom stereocenters. The Morgan fingerprint density at radius 1 is 1.16 bits per heavy atom. The summed E-state index contributed by atoms with van der Waals surface area (Å²) in [5.41, 5.74) is 4.71. The lowest BCUT2D eigenvalue weighted by Crippen LogP contribution is -2.33. The molecule has 0 fully saturated rings. The number of rotatable bonds is 8. The second-order valence-electron chi connectivity index (χ2n) is 8.78. The van der Waals surface area contributed by atoms with Crippen LogP contribution in [0.3, 0.4) is 0 Å². The fraction of sp³-hybridized carbons (Fsp3) is 0.296. The van der Waals surface area contributed by atoms with E-state index in [1.54, 1.807) is 37.4 Å². The number of amides is 2. The fourth-order valence-electron chi connectivity index (χ4n) is 4.15. The summed E-state index contributed by atoms with van der Waals surface area (Å²) in [6, 6.07) is 15.7. The maximum absolute atomic E-state index is 13.0. The van der Waals surface area contributed by atoms with Crippen LogP contribution in [0.25, 0.3) is 0 Å². The van der Waals surface area contributed by atoms with Gasteiger partial charge in [0, 0.05) is 19.7 Å². The van der Waals surface area contributed by atoms with Crippen molar-refractivity contribution in [3.05, 3.63) is 86.9 Å². The van der Waals surface area contributed by atoms with Crippen LogP contribution in [0.15, 0.2) is 54.6 Å². The van der Waals surface area contributed by atoms with Crippen LogP contribution in [0.5, 0.6) is 11.5 Å². The number of hydrogen-bond acceptors (Lipinski definition) is 5. The van der Waals surface area contributed by atoms with Crippen LogP contribution >= 0.6 is 23.2 Å². The van der Waals surface area contributed by atoms with E-state index < -0.39 is 11.1 Å². The Balaban J connectivity index is 1.40.